The molecule has 4 nitrogen and oxygen atoms in total. The molecule has 6 rings (SSSR count). The summed E-state index contributed by atoms with van der Waals surface area (Å²) in [6, 6.07) is 18.4. The molecule has 5 heteroatoms. The second kappa shape index (κ2) is 10.8. The van der Waals surface area contributed by atoms with Crippen LogP contribution in [0.25, 0.3) is 21.5 Å². The number of pyridine rings is 1. The van der Waals surface area contributed by atoms with Crippen LogP contribution in [0, 0.1) is 18.8 Å². The Morgan fingerprint density at radius 3 is 2.70 bits per heavy atom. The predicted octanol–water partition coefficient (Wildman–Crippen LogP) is 7.49. The van der Waals surface area contributed by atoms with E-state index < -0.39 is 0 Å². The summed E-state index contributed by atoms with van der Waals surface area (Å²) in [7, 11) is 0. The van der Waals surface area contributed by atoms with E-state index in [9.17, 15) is 4.79 Å². The molecule has 1 fully saturated rings. The smallest absolute Gasteiger partial charge is 0.163 e. The normalized spacial score (nSPS) is 20.1. The third-order valence-corrected chi connectivity index (χ3v) is 9.61. The van der Waals surface area contributed by atoms with Gasteiger partial charge in [-0.05, 0) is 68.7 Å². The average molecular weight is 510 g/mol. The molecule has 1 aliphatic heterocycles. The average Bonchev–Trinajstić information content (AvgIpc) is 3.36. The second-order valence-corrected chi connectivity index (χ2v) is 12.0. The van der Waals surface area contributed by atoms with Crippen molar-refractivity contribution < 1.29 is 4.79 Å². The van der Waals surface area contributed by atoms with Crippen LogP contribution in [0.2, 0.25) is 0 Å². The van der Waals surface area contributed by atoms with Crippen molar-refractivity contribution in [3.8, 4) is 10.6 Å². The fourth-order valence-corrected chi connectivity index (χ4v) is 7.33. The number of fused-ring (bicyclic) bond motifs is 2. The third kappa shape index (κ3) is 5.39. The summed E-state index contributed by atoms with van der Waals surface area (Å²) < 4.78 is 0. The summed E-state index contributed by atoms with van der Waals surface area (Å²) in [6.45, 7) is 5.47. The van der Waals surface area contributed by atoms with Crippen molar-refractivity contribution in [2.75, 3.05) is 13.1 Å². The molecule has 37 heavy (non-hydrogen) atoms. The van der Waals surface area contributed by atoms with Crippen molar-refractivity contribution >= 4 is 28.0 Å². The molecule has 2 aromatic heterocycles. The number of benzene rings is 2. The summed E-state index contributed by atoms with van der Waals surface area (Å²) in [5.74, 6) is 1.58. The molecule has 0 unspecified atom stereocenters. The van der Waals surface area contributed by atoms with E-state index in [1.54, 1.807) is 6.20 Å². The van der Waals surface area contributed by atoms with Crippen LogP contribution in [-0.2, 0) is 13.0 Å². The maximum atomic E-state index is 13.1. The molecular weight excluding hydrogens is 474 g/mol. The van der Waals surface area contributed by atoms with Gasteiger partial charge in [0.05, 0.1) is 11.2 Å². The lowest BCUT2D eigenvalue weighted by atomic mass is 9.78. The number of carbonyl (C=O) groups is 1. The number of nitrogens with zero attached hydrogens (tertiary/aromatic N) is 3. The zero-order chi connectivity index (χ0) is 25.2. The maximum absolute atomic E-state index is 13.1. The summed E-state index contributed by atoms with van der Waals surface area (Å²) in [6.07, 6.45) is 9.70. The van der Waals surface area contributed by atoms with Crippen LogP contribution >= 0.6 is 11.3 Å². The van der Waals surface area contributed by atoms with Gasteiger partial charge in [-0.2, -0.15) is 0 Å². The van der Waals surface area contributed by atoms with Gasteiger partial charge >= 0.3 is 0 Å². The number of carbonyl (C=O) groups excluding carboxylic acids is 1. The molecule has 0 saturated heterocycles. The van der Waals surface area contributed by atoms with Crippen LogP contribution in [-0.4, -0.2) is 33.7 Å². The SMILES string of the molecule is Cc1ccccc1-c1nc2c(s1)CCN(CCC1CCC(CC(=O)c3cccc4ncccc34)CC1)C2. The molecule has 0 radical (unpaired) electrons. The molecule has 4 aromatic rings. The number of hydrogen-bond acceptors (Lipinski definition) is 5. The van der Waals surface area contributed by atoms with Gasteiger partial charge in [0.2, 0.25) is 0 Å². The van der Waals surface area contributed by atoms with E-state index in [1.807, 2.05) is 41.7 Å². The van der Waals surface area contributed by atoms with Crippen molar-refractivity contribution in [3.05, 3.63) is 82.5 Å². The molecule has 0 spiro atoms. The molecule has 0 amide bonds. The standard InChI is InChI=1S/C32H35N3OS/c1-22-6-2-3-7-25(22)32-34-29-21-35(19-16-31(29)37-32)18-15-23-11-13-24(14-12-23)20-30(36)27-8-4-10-28-26(27)9-5-17-33-28/h2-10,17,23-24H,11-16,18-21H2,1H3. The predicted molar refractivity (Wildman–Crippen MR) is 152 cm³/mol. The fourth-order valence-electron chi connectivity index (χ4n) is 6.18. The van der Waals surface area contributed by atoms with Gasteiger partial charge in [0.1, 0.15) is 5.01 Å². The summed E-state index contributed by atoms with van der Waals surface area (Å²) in [4.78, 5) is 26.7. The Hall–Kier alpha value is -2.89. The van der Waals surface area contributed by atoms with Crippen LogP contribution < -0.4 is 0 Å². The lowest BCUT2D eigenvalue weighted by molar-refractivity contribution is 0.0941. The quantitative estimate of drug-likeness (QED) is 0.242. The molecule has 2 aliphatic rings. The lowest BCUT2D eigenvalue weighted by Gasteiger charge is -2.31. The topological polar surface area (TPSA) is 46.1 Å². The molecule has 0 N–H and O–H groups in total. The number of aromatic nitrogens is 2. The van der Waals surface area contributed by atoms with Gasteiger partial charge in [-0.25, -0.2) is 4.98 Å². The van der Waals surface area contributed by atoms with E-state index in [2.05, 4.69) is 41.1 Å². The van der Waals surface area contributed by atoms with E-state index in [-0.39, 0.29) is 5.78 Å². The largest absolute Gasteiger partial charge is 0.297 e. The van der Waals surface area contributed by atoms with E-state index in [1.165, 1.54) is 58.8 Å². The van der Waals surface area contributed by atoms with E-state index in [0.29, 0.717) is 12.3 Å². The van der Waals surface area contributed by atoms with Gasteiger partial charge in [-0.3, -0.25) is 14.7 Å². The second-order valence-electron chi connectivity index (χ2n) is 10.9. The zero-order valence-corrected chi connectivity index (χ0v) is 22.5. The van der Waals surface area contributed by atoms with Crippen molar-refractivity contribution in [3.63, 3.8) is 0 Å². The van der Waals surface area contributed by atoms with Crippen molar-refractivity contribution in [1.29, 1.82) is 0 Å². The molecule has 3 heterocycles. The van der Waals surface area contributed by atoms with Gasteiger partial charge in [0.15, 0.2) is 5.78 Å². The zero-order valence-electron chi connectivity index (χ0n) is 21.7. The Balaban J connectivity index is 0.986. The van der Waals surface area contributed by atoms with Gasteiger partial charge in [0, 0.05) is 47.1 Å². The van der Waals surface area contributed by atoms with Crippen molar-refractivity contribution in [1.82, 2.24) is 14.9 Å². The molecule has 2 aromatic carbocycles. The van der Waals surface area contributed by atoms with Crippen LogP contribution in [0.4, 0.5) is 0 Å². The number of ketones is 1. The number of rotatable bonds is 7. The fraction of sp³-hybridized carbons (Fsp3) is 0.406. The number of hydrogen-bond donors (Lipinski definition) is 0. The van der Waals surface area contributed by atoms with Gasteiger partial charge < -0.3 is 0 Å². The van der Waals surface area contributed by atoms with Crippen LogP contribution in [0.15, 0.2) is 60.8 Å². The molecule has 0 bridgehead atoms. The van der Waals surface area contributed by atoms with Crippen molar-refractivity contribution in [2.45, 2.75) is 58.4 Å². The van der Waals surface area contributed by atoms with E-state index >= 15 is 0 Å². The Bertz CT molecular complexity index is 1400. The first kappa shape index (κ1) is 24.4. The minimum absolute atomic E-state index is 0.277. The number of Topliss-reactive ketones (excluding diaryl/α,β-unsaturated/α-hetero) is 1. The monoisotopic (exact) mass is 509 g/mol. The first-order valence-corrected chi connectivity index (χ1v) is 14.6. The summed E-state index contributed by atoms with van der Waals surface area (Å²) >= 11 is 1.89. The highest BCUT2D eigenvalue weighted by atomic mass is 32.1. The summed E-state index contributed by atoms with van der Waals surface area (Å²) in [5.41, 5.74) is 5.62. The molecule has 190 valence electrons. The highest BCUT2D eigenvalue weighted by Gasteiger charge is 2.26. The minimum Gasteiger partial charge on any atom is -0.297 e. The summed E-state index contributed by atoms with van der Waals surface area (Å²) in [5, 5.41) is 2.16. The Labute approximate surface area is 223 Å². The van der Waals surface area contributed by atoms with E-state index in [4.69, 9.17) is 4.98 Å². The molecule has 0 atom stereocenters. The molecule has 1 saturated carbocycles. The Kier molecular flexibility index (Phi) is 7.16. The van der Waals surface area contributed by atoms with Gasteiger partial charge in [-0.15, -0.1) is 11.3 Å². The van der Waals surface area contributed by atoms with Crippen LogP contribution in [0.1, 0.15) is 65.0 Å². The maximum Gasteiger partial charge on any atom is 0.163 e. The number of thiazole rings is 1. The molecular formula is C32H35N3OS. The third-order valence-electron chi connectivity index (χ3n) is 8.42. The van der Waals surface area contributed by atoms with Gasteiger partial charge in [0.25, 0.3) is 0 Å². The Morgan fingerprint density at radius 2 is 1.84 bits per heavy atom. The van der Waals surface area contributed by atoms with Crippen LogP contribution in [0.5, 0.6) is 0 Å². The highest BCUT2D eigenvalue weighted by molar-refractivity contribution is 7.15. The number of aryl methyl sites for hydroxylation is 1. The first-order valence-electron chi connectivity index (χ1n) is 13.8. The molecule has 1 aliphatic carbocycles. The first-order chi connectivity index (χ1) is 18.1. The van der Waals surface area contributed by atoms with E-state index in [0.717, 1.165) is 48.4 Å². The minimum atomic E-state index is 0.277. The van der Waals surface area contributed by atoms with Crippen molar-refractivity contribution in [2.24, 2.45) is 11.8 Å². The van der Waals surface area contributed by atoms with Gasteiger partial charge in [-0.1, -0.05) is 55.3 Å². The van der Waals surface area contributed by atoms with Crippen LogP contribution in [0.3, 0.4) is 0 Å². The highest BCUT2D eigenvalue weighted by Crippen LogP contribution is 2.36. The Morgan fingerprint density at radius 1 is 1.00 bits per heavy atom. The lowest BCUT2D eigenvalue weighted by Crippen LogP contribution is -2.32.